The lowest BCUT2D eigenvalue weighted by Crippen LogP contribution is -2.45. The summed E-state index contributed by atoms with van der Waals surface area (Å²) < 4.78 is 10.7. The van der Waals surface area contributed by atoms with Gasteiger partial charge in [0.2, 0.25) is 0 Å². The molecule has 1 N–H and O–H groups in total. The summed E-state index contributed by atoms with van der Waals surface area (Å²) in [6.07, 6.45) is 6.87. The summed E-state index contributed by atoms with van der Waals surface area (Å²) in [5, 5.41) is 9.93. The molecule has 1 atom stereocenters. The maximum atomic E-state index is 10.8. The highest BCUT2D eigenvalue weighted by Gasteiger charge is 2.39. The Morgan fingerprint density at radius 1 is 1.26 bits per heavy atom. The van der Waals surface area contributed by atoms with Crippen molar-refractivity contribution in [2.75, 3.05) is 6.61 Å². The predicted molar refractivity (Wildman–Crippen MR) is 73.6 cm³/mol. The fraction of sp³-hybridized carbons (Fsp3) is 0.933. The molecule has 4 nitrogen and oxygen atoms in total. The molecule has 0 bridgehead atoms. The van der Waals surface area contributed by atoms with E-state index in [0.717, 1.165) is 12.8 Å². The summed E-state index contributed by atoms with van der Waals surface area (Å²) in [5.74, 6) is 0.113. The molecule has 0 spiro atoms. The number of hydrogen-bond acceptors (Lipinski definition) is 4. The standard InChI is InChI=1S/C15H28O4/c1-4-15(5-2,13-9-7-6-8-10-13)19-14(17)11-18-12(3)16/h13-14,17H,4-11H2,1-3H3. The van der Waals surface area contributed by atoms with Crippen molar-refractivity contribution in [3.05, 3.63) is 0 Å². The van der Waals surface area contributed by atoms with Crippen LogP contribution < -0.4 is 0 Å². The third-order valence-corrected chi connectivity index (χ3v) is 4.35. The lowest BCUT2D eigenvalue weighted by Gasteiger charge is -2.42. The van der Waals surface area contributed by atoms with E-state index in [1.54, 1.807) is 0 Å². The van der Waals surface area contributed by atoms with Crippen LogP contribution in [0, 0.1) is 5.92 Å². The highest BCUT2D eigenvalue weighted by molar-refractivity contribution is 5.65. The van der Waals surface area contributed by atoms with Crippen molar-refractivity contribution >= 4 is 5.97 Å². The lowest BCUT2D eigenvalue weighted by atomic mass is 9.74. The van der Waals surface area contributed by atoms with Crippen molar-refractivity contribution in [2.45, 2.75) is 77.6 Å². The van der Waals surface area contributed by atoms with Crippen LogP contribution in [-0.2, 0) is 14.3 Å². The molecular formula is C15H28O4. The fourth-order valence-electron chi connectivity index (χ4n) is 3.21. The second kappa shape index (κ2) is 7.85. The van der Waals surface area contributed by atoms with Gasteiger partial charge >= 0.3 is 5.97 Å². The number of rotatable bonds is 7. The number of aliphatic hydroxyl groups is 1. The van der Waals surface area contributed by atoms with Crippen molar-refractivity contribution in [2.24, 2.45) is 5.92 Å². The topological polar surface area (TPSA) is 55.8 Å². The second-order valence-corrected chi connectivity index (χ2v) is 5.48. The first-order valence-electron chi connectivity index (χ1n) is 7.53. The van der Waals surface area contributed by atoms with E-state index in [4.69, 9.17) is 9.47 Å². The van der Waals surface area contributed by atoms with Gasteiger partial charge in [0.15, 0.2) is 6.29 Å². The lowest BCUT2D eigenvalue weighted by molar-refractivity contribution is -0.229. The van der Waals surface area contributed by atoms with E-state index in [2.05, 4.69) is 13.8 Å². The Morgan fingerprint density at radius 2 is 1.84 bits per heavy atom. The van der Waals surface area contributed by atoms with Crippen molar-refractivity contribution in [1.82, 2.24) is 0 Å². The van der Waals surface area contributed by atoms with Crippen LogP contribution in [0.4, 0.5) is 0 Å². The van der Waals surface area contributed by atoms with Crippen LogP contribution in [-0.4, -0.2) is 29.6 Å². The third kappa shape index (κ3) is 4.77. The molecule has 1 fully saturated rings. The molecule has 112 valence electrons. The van der Waals surface area contributed by atoms with Gasteiger partial charge in [-0.1, -0.05) is 33.1 Å². The number of esters is 1. The average Bonchev–Trinajstić information content (AvgIpc) is 2.43. The number of carbonyl (C=O) groups is 1. The van der Waals surface area contributed by atoms with Gasteiger partial charge in [0.1, 0.15) is 6.61 Å². The van der Waals surface area contributed by atoms with Crippen molar-refractivity contribution in [3.8, 4) is 0 Å². The van der Waals surface area contributed by atoms with E-state index in [1.807, 2.05) is 0 Å². The van der Waals surface area contributed by atoms with Gasteiger partial charge < -0.3 is 14.6 Å². The van der Waals surface area contributed by atoms with Crippen LogP contribution in [0.25, 0.3) is 0 Å². The van der Waals surface area contributed by atoms with Gasteiger partial charge in [-0.25, -0.2) is 0 Å². The summed E-state index contributed by atoms with van der Waals surface area (Å²) >= 11 is 0. The quantitative estimate of drug-likeness (QED) is 0.572. The molecule has 1 aliphatic rings. The predicted octanol–water partition coefficient (Wildman–Crippen LogP) is 3.02. The Bertz CT molecular complexity index is 267. The third-order valence-electron chi connectivity index (χ3n) is 4.35. The van der Waals surface area contributed by atoms with Crippen LogP contribution in [0.5, 0.6) is 0 Å². The van der Waals surface area contributed by atoms with E-state index < -0.39 is 6.29 Å². The van der Waals surface area contributed by atoms with E-state index in [9.17, 15) is 9.90 Å². The molecule has 1 rings (SSSR count). The van der Waals surface area contributed by atoms with Crippen molar-refractivity contribution < 1.29 is 19.4 Å². The minimum atomic E-state index is -1.02. The molecule has 1 unspecified atom stereocenters. The molecule has 0 aromatic rings. The molecule has 1 aliphatic carbocycles. The first kappa shape index (κ1) is 16.4. The molecule has 0 aromatic heterocycles. The summed E-state index contributed by atoms with van der Waals surface area (Å²) in [5.41, 5.74) is -0.278. The molecule has 19 heavy (non-hydrogen) atoms. The zero-order chi connectivity index (χ0) is 14.3. The summed E-state index contributed by atoms with van der Waals surface area (Å²) in [6.45, 7) is 5.47. The number of aliphatic hydroxyl groups excluding tert-OH is 1. The molecule has 0 radical (unpaired) electrons. The van der Waals surface area contributed by atoms with Gasteiger partial charge in [0.25, 0.3) is 0 Å². The van der Waals surface area contributed by atoms with Gasteiger partial charge in [0.05, 0.1) is 5.60 Å². The first-order valence-corrected chi connectivity index (χ1v) is 7.53. The van der Waals surface area contributed by atoms with E-state index in [0.29, 0.717) is 5.92 Å². The summed E-state index contributed by atoms with van der Waals surface area (Å²) in [6, 6.07) is 0. The Kier molecular flexibility index (Phi) is 6.80. The number of hydrogen-bond donors (Lipinski definition) is 1. The van der Waals surface area contributed by atoms with Crippen molar-refractivity contribution in [3.63, 3.8) is 0 Å². The molecule has 0 heterocycles. The monoisotopic (exact) mass is 272 g/mol. The average molecular weight is 272 g/mol. The van der Waals surface area contributed by atoms with Gasteiger partial charge in [-0.05, 0) is 31.6 Å². The van der Waals surface area contributed by atoms with E-state index >= 15 is 0 Å². The van der Waals surface area contributed by atoms with E-state index in [-0.39, 0.29) is 18.2 Å². The maximum Gasteiger partial charge on any atom is 0.302 e. The zero-order valence-corrected chi connectivity index (χ0v) is 12.5. The Labute approximate surface area is 116 Å². The van der Waals surface area contributed by atoms with Crippen LogP contribution in [0.3, 0.4) is 0 Å². The highest BCUT2D eigenvalue weighted by Crippen LogP contribution is 2.40. The smallest absolute Gasteiger partial charge is 0.302 e. The van der Waals surface area contributed by atoms with Crippen molar-refractivity contribution in [1.29, 1.82) is 0 Å². The van der Waals surface area contributed by atoms with Crippen LogP contribution in [0.1, 0.15) is 65.7 Å². The number of carbonyl (C=O) groups excluding carboxylic acids is 1. The van der Waals surface area contributed by atoms with Crippen LogP contribution in [0.15, 0.2) is 0 Å². The summed E-state index contributed by atoms with van der Waals surface area (Å²) in [7, 11) is 0. The van der Waals surface area contributed by atoms with Crippen LogP contribution in [0.2, 0.25) is 0 Å². The molecular weight excluding hydrogens is 244 g/mol. The minimum Gasteiger partial charge on any atom is -0.460 e. The molecule has 0 aliphatic heterocycles. The fourth-order valence-corrected chi connectivity index (χ4v) is 3.21. The van der Waals surface area contributed by atoms with Gasteiger partial charge in [-0.15, -0.1) is 0 Å². The largest absolute Gasteiger partial charge is 0.460 e. The summed E-state index contributed by atoms with van der Waals surface area (Å²) in [4.78, 5) is 10.8. The second-order valence-electron chi connectivity index (χ2n) is 5.48. The normalized spacial score (nSPS) is 19.2. The SMILES string of the molecule is CCC(CC)(OC(O)COC(C)=O)C1CCCCC1. The van der Waals surface area contributed by atoms with Crippen LogP contribution >= 0.6 is 0 Å². The molecule has 0 amide bonds. The van der Waals surface area contributed by atoms with E-state index in [1.165, 1.54) is 39.0 Å². The Hall–Kier alpha value is -0.610. The van der Waals surface area contributed by atoms with Gasteiger partial charge in [-0.3, -0.25) is 4.79 Å². The molecule has 0 aromatic carbocycles. The molecule has 0 saturated heterocycles. The zero-order valence-electron chi connectivity index (χ0n) is 12.5. The number of ether oxygens (including phenoxy) is 2. The van der Waals surface area contributed by atoms with Gasteiger partial charge in [0, 0.05) is 6.92 Å². The highest BCUT2D eigenvalue weighted by atomic mass is 16.6. The molecule has 4 heteroatoms. The first-order chi connectivity index (χ1) is 9.04. The minimum absolute atomic E-state index is 0.0796. The Morgan fingerprint density at radius 3 is 2.32 bits per heavy atom. The Balaban J connectivity index is 2.61. The maximum absolute atomic E-state index is 10.8. The van der Waals surface area contributed by atoms with Gasteiger partial charge in [-0.2, -0.15) is 0 Å². The molecule has 1 saturated carbocycles.